The van der Waals surface area contributed by atoms with Crippen molar-refractivity contribution in [3.05, 3.63) is 60.0 Å². The molecule has 102 valence electrons. The second-order valence-corrected chi connectivity index (χ2v) is 4.76. The number of hydrogen-bond acceptors (Lipinski definition) is 2. The Bertz CT molecular complexity index is 764. The Morgan fingerprint density at radius 3 is 2.80 bits per heavy atom. The van der Waals surface area contributed by atoms with Crippen molar-refractivity contribution in [2.24, 2.45) is 7.05 Å². The fourth-order valence-corrected chi connectivity index (χ4v) is 2.26. The van der Waals surface area contributed by atoms with Crippen LogP contribution < -0.4 is 10.5 Å². The number of aryl methyl sites for hydroxylation is 1. The van der Waals surface area contributed by atoms with Crippen LogP contribution in [0.1, 0.15) is 5.69 Å². The van der Waals surface area contributed by atoms with Crippen LogP contribution in [0, 0.1) is 5.82 Å². The predicted molar refractivity (Wildman–Crippen MR) is 78.1 cm³/mol. The Hall–Kier alpha value is -2.49. The van der Waals surface area contributed by atoms with E-state index in [1.54, 1.807) is 12.1 Å². The van der Waals surface area contributed by atoms with Crippen LogP contribution in [0.3, 0.4) is 0 Å². The summed E-state index contributed by atoms with van der Waals surface area (Å²) in [6.07, 6.45) is 0. The highest BCUT2D eigenvalue weighted by atomic mass is 19.1. The molecule has 1 aromatic heterocycles. The normalized spacial score (nSPS) is 10.9. The molecule has 0 unspecified atom stereocenters. The van der Waals surface area contributed by atoms with Gasteiger partial charge in [-0.2, -0.15) is 0 Å². The van der Waals surface area contributed by atoms with Crippen LogP contribution in [-0.2, 0) is 13.7 Å². The summed E-state index contributed by atoms with van der Waals surface area (Å²) in [5.41, 5.74) is 8.60. The summed E-state index contributed by atoms with van der Waals surface area (Å²) in [6.45, 7) is 0.383. The molecule has 0 aliphatic carbocycles. The van der Waals surface area contributed by atoms with E-state index >= 15 is 0 Å². The fraction of sp³-hybridized carbons (Fsp3) is 0.125. The Kier molecular flexibility index (Phi) is 3.06. The Labute approximate surface area is 116 Å². The zero-order chi connectivity index (χ0) is 14.1. The highest BCUT2D eigenvalue weighted by Gasteiger charge is 2.07. The number of benzene rings is 2. The van der Waals surface area contributed by atoms with Gasteiger partial charge in [-0.3, -0.25) is 0 Å². The Balaban J connectivity index is 1.86. The van der Waals surface area contributed by atoms with Crippen molar-refractivity contribution in [1.29, 1.82) is 0 Å². The standard InChI is InChI=1S/C16H15FN2O/c1-19-14(7-11-5-6-13(18)9-16(11)19)10-20-15-4-2-3-12(17)8-15/h2-9H,10,18H2,1H3. The van der Waals surface area contributed by atoms with Crippen LogP contribution in [0.25, 0.3) is 10.9 Å². The van der Waals surface area contributed by atoms with Gasteiger partial charge in [0.15, 0.2) is 0 Å². The summed E-state index contributed by atoms with van der Waals surface area (Å²) in [7, 11) is 1.96. The van der Waals surface area contributed by atoms with Gasteiger partial charge in [0, 0.05) is 24.2 Å². The van der Waals surface area contributed by atoms with Crippen molar-refractivity contribution in [2.45, 2.75) is 6.61 Å². The number of aromatic nitrogens is 1. The van der Waals surface area contributed by atoms with Crippen LogP contribution in [-0.4, -0.2) is 4.57 Å². The molecular weight excluding hydrogens is 255 g/mol. The first-order valence-electron chi connectivity index (χ1n) is 6.36. The molecule has 0 aliphatic heterocycles. The number of nitrogen functional groups attached to an aromatic ring is 1. The van der Waals surface area contributed by atoms with Crippen molar-refractivity contribution in [1.82, 2.24) is 4.57 Å². The molecule has 20 heavy (non-hydrogen) atoms. The molecule has 0 aliphatic rings. The maximum absolute atomic E-state index is 13.1. The number of ether oxygens (including phenoxy) is 1. The van der Waals surface area contributed by atoms with Gasteiger partial charge in [0.25, 0.3) is 0 Å². The second-order valence-electron chi connectivity index (χ2n) is 4.76. The van der Waals surface area contributed by atoms with Crippen LogP contribution >= 0.6 is 0 Å². The van der Waals surface area contributed by atoms with Crippen LogP contribution in [0.15, 0.2) is 48.5 Å². The summed E-state index contributed by atoms with van der Waals surface area (Å²) < 4.78 is 20.7. The number of hydrogen-bond donors (Lipinski definition) is 1. The smallest absolute Gasteiger partial charge is 0.128 e. The molecule has 1 heterocycles. The molecule has 0 radical (unpaired) electrons. The molecule has 2 aromatic carbocycles. The molecule has 4 heteroatoms. The number of halogens is 1. The van der Waals surface area contributed by atoms with E-state index in [-0.39, 0.29) is 5.82 Å². The second kappa shape index (κ2) is 4.89. The lowest BCUT2D eigenvalue weighted by Crippen LogP contribution is -2.02. The van der Waals surface area contributed by atoms with Gasteiger partial charge in [-0.15, -0.1) is 0 Å². The van der Waals surface area contributed by atoms with Crippen molar-refractivity contribution in [3.8, 4) is 5.75 Å². The Morgan fingerprint density at radius 2 is 2.00 bits per heavy atom. The van der Waals surface area contributed by atoms with E-state index in [0.29, 0.717) is 12.4 Å². The summed E-state index contributed by atoms with van der Waals surface area (Å²) in [5, 5.41) is 1.11. The lowest BCUT2D eigenvalue weighted by Gasteiger charge is -2.07. The molecule has 2 N–H and O–H groups in total. The first-order valence-corrected chi connectivity index (χ1v) is 6.36. The largest absolute Gasteiger partial charge is 0.487 e. The molecule has 3 aromatic rings. The molecule has 3 rings (SSSR count). The van der Waals surface area contributed by atoms with Crippen LogP contribution in [0.5, 0.6) is 5.75 Å². The van der Waals surface area contributed by atoms with Crippen molar-refractivity contribution < 1.29 is 9.13 Å². The predicted octanol–water partition coefficient (Wildman–Crippen LogP) is 3.48. The molecule has 0 bridgehead atoms. The van der Waals surface area contributed by atoms with E-state index in [1.807, 2.05) is 35.9 Å². The van der Waals surface area contributed by atoms with Gasteiger partial charge in [-0.1, -0.05) is 12.1 Å². The number of fused-ring (bicyclic) bond motifs is 1. The Morgan fingerprint density at radius 1 is 1.15 bits per heavy atom. The molecule has 0 fully saturated rings. The number of rotatable bonds is 3. The highest BCUT2D eigenvalue weighted by Crippen LogP contribution is 2.22. The third-order valence-electron chi connectivity index (χ3n) is 3.35. The molecule has 0 amide bonds. The van der Waals surface area contributed by atoms with E-state index in [4.69, 9.17) is 10.5 Å². The van der Waals surface area contributed by atoms with Gasteiger partial charge in [0.1, 0.15) is 18.2 Å². The molecule has 0 atom stereocenters. The van der Waals surface area contributed by atoms with Gasteiger partial charge in [-0.25, -0.2) is 4.39 Å². The molecule has 0 spiro atoms. The average Bonchev–Trinajstić information content (AvgIpc) is 2.73. The van der Waals surface area contributed by atoms with Gasteiger partial charge < -0.3 is 15.0 Å². The van der Waals surface area contributed by atoms with Crippen LogP contribution in [0.4, 0.5) is 10.1 Å². The zero-order valence-corrected chi connectivity index (χ0v) is 11.1. The summed E-state index contributed by atoms with van der Waals surface area (Å²) >= 11 is 0. The molecule has 3 nitrogen and oxygen atoms in total. The van der Waals surface area contributed by atoms with E-state index in [9.17, 15) is 4.39 Å². The summed E-state index contributed by atoms with van der Waals surface area (Å²) in [5.74, 6) is 0.224. The lowest BCUT2D eigenvalue weighted by atomic mass is 10.2. The van der Waals surface area contributed by atoms with E-state index < -0.39 is 0 Å². The first kappa shape index (κ1) is 12.5. The molecular formula is C16H15FN2O. The zero-order valence-electron chi connectivity index (χ0n) is 11.1. The van der Waals surface area contributed by atoms with Gasteiger partial charge in [0.2, 0.25) is 0 Å². The number of nitrogens with two attached hydrogens (primary N) is 1. The van der Waals surface area contributed by atoms with Crippen molar-refractivity contribution >= 4 is 16.6 Å². The summed E-state index contributed by atoms with van der Waals surface area (Å²) in [4.78, 5) is 0. The maximum Gasteiger partial charge on any atom is 0.128 e. The van der Waals surface area contributed by atoms with Gasteiger partial charge in [-0.05, 0) is 30.3 Å². The monoisotopic (exact) mass is 270 g/mol. The minimum Gasteiger partial charge on any atom is -0.487 e. The third-order valence-corrected chi connectivity index (χ3v) is 3.35. The summed E-state index contributed by atoms with van der Waals surface area (Å²) in [6, 6.07) is 14.0. The van der Waals surface area contributed by atoms with E-state index in [0.717, 1.165) is 22.3 Å². The van der Waals surface area contributed by atoms with E-state index in [1.165, 1.54) is 12.1 Å². The SMILES string of the molecule is Cn1c(COc2cccc(F)c2)cc2ccc(N)cc21. The number of nitrogens with zero attached hydrogens (tertiary/aromatic N) is 1. The fourth-order valence-electron chi connectivity index (χ4n) is 2.26. The highest BCUT2D eigenvalue weighted by molar-refractivity contribution is 5.84. The van der Waals surface area contributed by atoms with Crippen LogP contribution in [0.2, 0.25) is 0 Å². The lowest BCUT2D eigenvalue weighted by molar-refractivity contribution is 0.296. The maximum atomic E-state index is 13.1. The number of anilines is 1. The molecule has 0 saturated carbocycles. The third kappa shape index (κ3) is 2.32. The van der Waals surface area contributed by atoms with E-state index in [2.05, 4.69) is 0 Å². The minimum absolute atomic E-state index is 0.299. The topological polar surface area (TPSA) is 40.2 Å². The quantitative estimate of drug-likeness (QED) is 0.740. The average molecular weight is 270 g/mol. The first-order chi connectivity index (χ1) is 9.63. The van der Waals surface area contributed by atoms with Crippen molar-refractivity contribution in [3.63, 3.8) is 0 Å². The van der Waals surface area contributed by atoms with Crippen molar-refractivity contribution in [2.75, 3.05) is 5.73 Å². The molecule has 0 saturated heterocycles. The van der Waals surface area contributed by atoms with Gasteiger partial charge in [0.05, 0.1) is 11.2 Å². The van der Waals surface area contributed by atoms with Gasteiger partial charge >= 0.3 is 0 Å². The minimum atomic E-state index is -0.299.